The summed E-state index contributed by atoms with van der Waals surface area (Å²) in [5, 5.41) is 0. The van der Waals surface area contributed by atoms with Gasteiger partial charge in [-0.3, -0.25) is 0 Å². The van der Waals surface area contributed by atoms with Gasteiger partial charge in [-0.05, 0) is 91.3 Å². The summed E-state index contributed by atoms with van der Waals surface area (Å²) in [4.78, 5) is 0. The van der Waals surface area contributed by atoms with E-state index < -0.39 is 0 Å². The zero-order chi connectivity index (χ0) is 16.2. The molecule has 0 aromatic heterocycles. The van der Waals surface area contributed by atoms with E-state index in [4.69, 9.17) is 0 Å². The molecule has 4 aliphatic carbocycles. The highest BCUT2D eigenvalue weighted by Gasteiger charge is 2.57. The third-order valence-electron chi connectivity index (χ3n) is 9.33. The summed E-state index contributed by atoms with van der Waals surface area (Å²) in [5.41, 5.74) is 1.24. The number of hydrogen-bond acceptors (Lipinski definition) is 0. The van der Waals surface area contributed by atoms with Crippen LogP contribution in [0, 0.1) is 46.3 Å². The molecule has 23 heavy (non-hydrogen) atoms. The maximum absolute atomic E-state index is 2.68. The van der Waals surface area contributed by atoms with Crippen LogP contribution in [-0.4, -0.2) is 0 Å². The maximum Gasteiger partial charge on any atom is -0.0295 e. The summed E-state index contributed by atoms with van der Waals surface area (Å²) in [6, 6.07) is 0. The fraction of sp³-hybridized carbons (Fsp3) is 1.00. The fourth-order valence-electron chi connectivity index (χ4n) is 8.25. The highest BCUT2D eigenvalue weighted by Crippen LogP contribution is 2.65. The van der Waals surface area contributed by atoms with Crippen molar-refractivity contribution in [2.24, 2.45) is 46.3 Å². The molecule has 0 spiro atoms. The van der Waals surface area contributed by atoms with Crippen LogP contribution in [0.15, 0.2) is 0 Å². The minimum atomic E-state index is 0.602. The Morgan fingerprint density at radius 1 is 0.783 bits per heavy atom. The Labute approximate surface area is 145 Å². The smallest absolute Gasteiger partial charge is 0.0295 e. The summed E-state index contributed by atoms with van der Waals surface area (Å²) in [6.07, 6.45) is 16.9. The number of rotatable bonds is 2. The maximum atomic E-state index is 2.68. The van der Waals surface area contributed by atoms with Crippen LogP contribution in [0.1, 0.15) is 98.3 Å². The van der Waals surface area contributed by atoms with E-state index in [1.54, 1.807) is 25.7 Å². The first kappa shape index (κ1) is 16.5. The Balaban J connectivity index is 1.59. The minimum absolute atomic E-state index is 0.602. The van der Waals surface area contributed by atoms with Gasteiger partial charge in [0.15, 0.2) is 0 Å². The first-order valence-corrected chi connectivity index (χ1v) is 10.9. The minimum Gasteiger partial charge on any atom is -0.0596 e. The van der Waals surface area contributed by atoms with Gasteiger partial charge in [0.25, 0.3) is 0 Å². The van der Waals surface area contributed by atoms with Crippen molar-refractivity contribution in [2.45, 2.75) is 98.3 Å². The molecule has 5 unspecified atom stereocenters. The molecule has 0 amide bonds. The highest BCUT2D eigenvalue weighted by atomic mass is 14.6. The quantitative estimate of drug-likeness (QED) is 0.510. The van der Waals surface area contributed by atoms with Gasteiger partial charge >= 0.3 is 0 Å². The van der Waals surface area contributed by atoms with Crippen molar-refractivity contribution < 1.29 is 0 Å². The number of hydrogen-bond donors (Lipinski definition) is 0. The van der Waals surface area contributed by atoms with Gasteiger partial charge in [-0.25, -0.2) is 0 Å². The van der Waals surface area contributed by atoms with Gasteiger partial charge in [0, 0.05) is 0 Å². The van der Waals surface area contributed by atoms with Crippen LogP contribution in [-0.2, 0) is 0 Å². The molecule has 0 aromatic carbocycles. The SMILES string of the molecule is CC1(C)CC2CCC(C(C)(C)C3CCCCC3)C3CCCC1C23. The molecule has 4 rings (SSSR count). The molecule has 0 bridgehead atoms. The molecule has 132 valence electrons. The average molecular weight is 317 g/mol. The van der Waals surface area contributed by atoms with E-state index in [0.717, 1.165) is 35.5 Å². The van der Waals surface area contributed by atoms with Gasteiger partial charge in [0.05, 0.1) is 0 Å². The van der Waals surface area contributed by atoms with Crippen molar-refractivity contribution in [2.75, 3.05) is 0 Å². The summed E-state index contributed by atoms with van der Waals surface area (Å²) in [7, 11) is 0. The molecule has 4 fully saturated rings. The molecule has 4 aliphatic rings. The van der Waals surface area contributed by atoms with Crippen LogP contribution in [0.4, 0.5) is 0 Å². The Bertz CT molecular complexity index is 425. The summed E-state index contributed by atoms with van der Waals surface area (Å²) in [5.74, 6) is 6.36. The van der Waals surface area contributed by atoms with Crippen LogP contribution in [0.3, 0.4) is 0 Å². The molecule has 0 heterocycles. The Morgan fingerprint density at radius 3 is 2.26 bits per heavy atom. The predicted molar refractivity (Wildman–Crippen MR) is 99.3 cm³/mol. The van der Waals surface area contributed by atoms with E-state index in [9.17, 15) is 0 Å². The van der Waals surface area contributed by atoms with Crippen LogP contribution in [0.2, 0.25) is 0 Å². The van der Waals surface area contributed by atoms with Crippen LogP contribution < -0.4 is 0 Å². The first-order valence-electron chi connectivity index (χ1n) is 10.9. The van der Waals surface area contributed by atoms with Crippen molar-refractivity contribution in [3.8, 4) is 0 Å². The van der Waals surface area contributed by atoms with Crippen molar-refractivity contribution in [3.05, 3.63) is 0 Å². The van der Waals surface area contributed by atoms with Crippen molar-refractivity contribution in [1.29, 1.82) is 0 Å². The van der Waals surface area contributed by atoms with Gasteiger partial charge in [-0.15, -0.1) is 0 Å². The lowest BCUT2D eigenvalue weighted by molar-refractivity contribution is -0.0519. The fourth-order valence-corrected chi connectivity index (χ4v) is 8.25. The predicted octanol–water partition coefficient (Wildman–Crippen LogP) is 7.08. The summed E-state index contributed by atoms with van der Waals surface area (Å²) >= 11 is 0. The molecule has 0 aromatic rings. The standard InChI is InChI=1S/C23H40/c1-22(2)15-16-13-14-19(18-11-8-12-20(22)21(16)18)23(3,4)17-9-6-5-7-10-17/h16-21H,5-15H2,1-4H3. The summed E-state index contributed by atoms with van der Waals surface area (Å²) in [6.45, 7) is 10.6. The second-order valence-electron chi connectivity index (χ2n) is 11.1. The first-order chi connectivity index (χ1) is 10.9. The van der Waals surface area contributed by atoms with Crippen LogP contribution in [0.25, 0.3) is 0 Å². The monoisotopic (exact) mass is 316 g/mol. The lowest BCUT2D eigenvalue weighted by atomic mass is 9.51. The van der Waals surface area contributed by atoms with Gasteiger partial charge in [-0.2, -0.15) is 0 Å². The normalized spacial score (nSPS) is 44.1. The van der Waals surface area contributed by atoms with E-state index in [-0.39, 0.29) is 0 Å². The van der Waals surface area contributed by atoms with E-state index in [1.165, 1.54) is 44.9 Å². The van der Waals surface area contributed by atoms with E-state index >= 15 is 0 Å². The molecule has 5 atom stereocenters. The molecule has 0 nitrogen and oxygen atoms in total. The van der Waals surface area contributed by atoms with E-state index in [1.807, 2.05) is 0 Å². The summed E-state index contributed by atoms with van der Waals surface area (Å²) < 4.78 is 0. The van der Waals surface area contributed by atoms with Crippen molar-refractivity contribution in [3.63, 3.8) is 0 Å². The molecular weight excluding hydrogens is 276 g/mol. The van der Waals surface area contributed by atoms with Crippen molar-refractivity contribution >= 4 is 0 Å². The van der Waals surface area contributed by atoms with Gasteiger partial charge in [-0.1, -0.05) is 53.4 Å². The van der Waals surface area contributed by atoms with Gasteiger partial charge in [0.1, 0.15) is 0 Å². The zero-order valence-corrected chi connectivity index (χ0v) is 16.2. The topological polar surface area (TPSA) is 0 Å². The largest absolute Gasteiger partial charge is 0.0596 e. The lowest BCUT2D eigenvalue weighted by Crippen LogP contribution is -2.47. The molecule has 0 heteroatoms. The zero-order valence-electron chi connectivity index (χ0n) is 16.2. The highest BCUT2D eigenvalue weighted by molar-refractivity contribution is 5.06. The lowest BCUT2D eigenvalue weighted by Gasteiger charge is -2.54. The molecule has 0 N–H and O–H groups in total. The third-order valence-corrected chi connectivity index (χ3v) is 9.33. The van der Waals surface area contributed by atoms with Gasteiger partial charge < -0.3 is 0 Å². The second-order valence-corrected chi connectivity index (χ2v) is 11.1. The molecule has 0 radical (unpaired) electrons. The molecule has 4 saturated carbocycles. The Morgan fingerprint density at radius 2 is 1.52 bits per heavy atom. The van der Waals surface area contributed by atoms with Gasteiger partial charge in [0.2, 0.25) is 0 Å². The second kappa shape index (κ2) is 5.77. The third kappa shape index (κ3) is 2.62. The Hall–Kier alpha value is 0. The molecular formula is C23H40. The van der Waals surface area contributed by atoms with Crippen LogP contribution in [0.5, 0.6) is 0 Å². The average Bonchev–Trinajstić information content (AvgIpc) is 2.81. The molecule has 0 aliphatic heterocycles. The Kier molecular flexibility index (Phi) is 4.13. The van der Waals surface area contributed by atoms with Crippen LogP contribution >= 0.6 is 0 Å². The van der Waals surface area contributed by atoms with E-state index in [2.05, 4.69) is 27.7 Å². The van der Waals surface area contributed by atoms with Crippen molar-refractivity contribution in [1.82, 2.24) is 0 Å². The molecule has 0 saturated heterocycles. The van der Waals surface area contributed by atoms with E-state index in [0.29, 0.717) is 10.8 Å².